The van der Waals surface area contributed by atoms with E-state index in [2.05, 4.69) is 29.3 Å². The highest BCUT2D eigenvalue weighted by molar-refractivity contribution is 14.0. The van der Waals surface area contributed by atoms with E-state index in [1.807, 2.05) is 19.0 Å². The molecule has 0 unspecified atom stereocenters. The summed E-state index contributed by atoms with van der Waals surface area (Å²) < 4.78 is 0. The Morgan fingerprint density at radius 2 is 1.77 bits per heavy atom. The number of aliphatic imine (C=N–C) groups is 1. The Balaban J connectivity index is 0. The van der Waals surface area contributed by atoms with Crippen LogP contribution in [-0.4, -0.2) is 64.1 Å². The molecule has 13 heavy (non-hydrogen) atoms. The summed E-state index contributed by atoms with van der Waals surface area (Å²) in [5.41, 5.74) is 0. The molecule has 0 saturated carbocycles. The number of hydrogen-bond acceptors (Lipinski definition) is 2. The molecule has 4 nitrogen and oxygen atoms in total. The standard InChI is InChI=1S/C8H20N4.HI/c1-9-8(12(4)5)10-6-7-11(2)3;/h6-7H2,1-5H3,(H,9,10);1H. The van der Waals surface area contributed by atoms with Gasteiger partial charge in [-0.1, -0.05) is 0 Å². The van der Waals surface area contributed by atoms with Crippen molar-refractivity contribution in [3.8, 4) is 0 Å². The normalized spacial score (nSPS) is 11.1. The van der Waals surface area contributed by atoms with E-state index >= 15 is 0 Å². The second-order valence-electron chi connectivity index (χ2n) is 3.17. The first kappa shape index (κ1) is 15.4. The zero-order chi connectivity index (χ0) is 9.56. The lowest BCUT2D eigenvalue weighted by Crippen LogP contribution is -2.39. The van der Waals surface area contributed by atoms with Crippen LogP contribution in [0.15, 0.2) is 4.99 Å². The molecule has 0 atom stereocenters. The molecular weight excluding hydrogens is 279 g/mol. The molecule has 0 saturated heterocycles. The van der Waals surface area contributed by atoms with E-state index in [1.54, 1.807) is 7.05 Å². The van der Waals surface area contributed by atoms with Gasteiger partial charge in [0.05, 0.1) is 0 Å². The highest BCUT2D eigenvalue weighted by atomic mass is 127. The summed E-state index contributed by atoms with van der Waals surface area (Å²) in [6.07, 6.45) is 0. The molecule has 0 aromatic carbocycles. The molecule has 0 fully saturated rings. The first-order valence-electron chi connectivity index (χ1n) is 4.10. The van der Waals surface area contributed by atoms with E-state index in [1.165, 1.54) is 0 Å². The van der Waals surface area contributed by atoms with Gasteiger partial charge in [-0.2, -0.15) is 0 Å². The Morgan fingerprint density at radius 3 is 2.08 bits per heavy atom. The van der Waals surface area contributed by atoms with Crippen molar-refractivity contribution in [3.05, 3.63) is 0 Å². The van der Waals surface area contributed by atoms with Gasteiger partial charge in [-0.15, -0.1) is 24.0 Å². The summed E-state index contributed by atoms with van der Waals surface area (Å²) in [6.45, 7) is 1.95. The molecule has 0 spiro atoms. The summed E-state index contributed by atoms with van der Waals surface area (Å²) in [5.74, 6) is 0.928. The average Bonchev–Trinajstić information content (AvgIpc) is 1.96. The fourth-order valence-electron chi connectivity index (χ4n) is 0.828. The van der Waals surface area contributed by atoms with Crippen LogP contribution >= 0.6 is 24.0 Å². The molecule has 0 aromatic rings. The zero-order valence-corrected chi connectivity index (χ0v) is 11.5. The quantitative estimate of drug-likeness (QED) is 0.462. The molecule has 0 radical (unpaired) electrons. The Morgan fingerprint density at radius 1 is 1.23 bits per heavy atom. The largest absolute Gasteiger partial charge is 0.355 e. The Labute approximate surface area is 98.4 Å². The Bertz CT molecular complexity index is 145. The summed E-state index contributed by atoms with van der Waals surface area (Å²) in [7, 11) is 9.86. The monoisotopic (exact) mass is 300 g/mol. The minimum atomic E-state index is 0. The maximum Gasteiger partial charge on any atom is 0.193 e. The smallest absolute Gasteiger partial charge is 0.193 e. The molecule has 1 N–H and O–H groups in total. The first-order chi connectivity index (χ1) is 5.57. The first-order valence-corrected chi connectivity index (χ1v) is 4.10. The van der Waals surface area contributed by atoms with Crippen LogP contribution in [0.1, 0.15) is 0 Å². The van der Waals surface area contributed by atoms with Gasteiger partial charge in [0.25, 0.3) is 0 Å². The summed E-state index contributed by atoms with van der Waals surface area (Å²) in [4.78, 5) is 8.20. The highest BCUT2D eigenvalue weighted by Crippen LogP contribution is 1.78. The second-order valence-corrected chi connectivity index (χ2v) is 3.17. The molecule has 0 aliphatic rings. The maximum absolute atomic E-state index is 4.10. The van der Waals surface area contributed by atoms with E-state index in [-0.39, 0.29) is 24.0 Å². The van der Waals surface area contributed by atoms with Gasteiger partial charge in [0.1, 0.15) is 0 Å². The van der Waals surface area contributed by atoms with Gasteiger partial charge < -0.3 is 15.1 Å². The van der Waals surface area contributed by atoms with Crippen molar-refractivity contribution in [1.29, 1.82) is 0 Å². The van der Waals surface area contributed by atoms with E-state index in [4.69, 9.17) is 0 Å². The fraction of sp³-hybridized carbons (Fsp3) is 0.875. The van der Waals surface area contributed by atoms with Crippen LogP contribution in [0.3, 0.4) is 0 Å². The number of hydrogen-bond donors (Lipinski definition) is 1. The maximum atomic E-state index is 4.10. The van der Waals surface area contributed by atoms with Gasteiger partial charge in [-0.25, -0.2) is 0 Å². The molecule has 0 heterocycles. The number of guanidine groups is 1. The predicted molar refractivity (Wildman–Crippen MR) is 69.0 cm³/mol. The number of rotatable bonds is 3. The number of halogens is 1. The van der Waals surface area contributed by atoms with Crippen LogP contribution in [0, 0.1) is 0 Å². The van der Waals surface area contributed by atoms with Crippen molar-refractivity contribution in [1.82, 2.24) is 15.1 Å². The van der Waals surface area contributed by atoms with Crippen LogP contribution in [0.4, 0.5) is 0 Å². The Kier molecular flexibility index (Phi) is 10.2. The van der Waals surface area contributed by atoms with Crippen molar-refractivity contribution in [2.75, 3.05) is 48.3 Å². The molecule has 0 bridgehead atoms. The lowest BCUT2D eigenvalue weighted by Gasteiger charge is -2.18. The molecule has 0 aromatic heterocycles. The van der Waals surface area contributed by atoms with Gasteiger partial charge in [0.2, 0.25) is 0 Å². The van der Waals surface area contributed by atoms with E-state index in [0.717, 1.165) is 19.0 Å². The van der Waals surface area contributed by atoms with Crippen LogP contribution < -0.4 is 5.32 Å². The Hall–Kier alpha value is -0.0400. The van der Waals surface area contributed by atoms with E-state index < -0.39 is 0 Å². The van der Waals surface area contributed by atoms with Gasteiger partial charge in [-0.05, 0) is 14.1 Å². The molecule has 5 heteroatoms. The summed E-state index contributed by atoms with van der Waals surface area (Å²) >= 11 is 0. The van der Waals surface area contributed by atoms with Crippen molar-refractivity contribution < 1.29 is 0 Å². The van der Waals surface area contributed by atoms with Gasteiger partial charge in [-0.3, -0.25) is 4.99 Å². The third-order valence-electron chi connectivity index (χ3n) is 1.48. The van der Waals surface area contributed by atoms with Crippen LogP contribution in [-0.2, 0) is 0 Å². The highest BCUT2D eigenvalue weighted by Gasteiger charge is 1.98. The van der Waals surface area contributed by atoms with Crippen LogP contribution in [0.25, 0.3) is 0 Å². The fourth-order valence-corrected chi connectivity index (χ4v) is 0.828. The lowest BCUT2D eigenvalue weighted by molar-refractivity contribution is 0.408. The predicted octanol–water partition coefficient (Wildman–Crippen LogP) is 0.303. The summed E-state index contributed by atoms with van der Waals surface area (Å²) in [6, 6.07) is 0. The molecule has 0 aliphatic heterocycles. The molecule has 0 aliphatic carbocycles. The van der Waals surface area contributed by atoms with Crippen molar-refractivity contribution in [2.24, 2.45) is 4.99 Å². The van der Waals surface area contributed by atoms with Crippen molar-refractivity contribution >= 4 is 29.9 Å². The second kappa shape index (κ2) is 8.55. The SMILES string of the molecule is CN=C(NCCN(C)C)N(C)C.I. The minimum absolute atomic E-state index is 0. The van der Waals surface area contributed by atoms with Gasteiger partial charge >= 0.3 is 0 Å². The van der Waals surface area contributed by atoms with Crippen LogP contribution in [0.5, 0.6) is 0 Å². The van der Waals surface area contributed by atoms with E-state index in [9.17, 15) is 0 Å². The van der Waals surface area contributed by atoms with Gasteiger partial charge in [0.15, 0.2) is 5.96 Å². The lowest BCUT2D eigenvalue weighted by atomic mass is 10.5. The molecule has 0 rings (SSSR count). The topological polar surface area (TPSA) is 30.9 Å². The summed E-state index contributed by atoms with van der Waals surface area (Å²) in [5, 5.41) is 3.23. The van der Waals surface area contributed by atoms with Crippen molar-refractivity contribution in [2.45, 2.75) is 0 Å². The average molecular weight is 300 g/mol. The molecule has 80 valence electrons. The zero-order valence-electron chi connectivity index (χ0n) is 9.16. The van der Waals surface area contributed by atoms with E-state index in [0.29, 0.717) is 0 Å². The molecular formula is C8H21IN4. The molecule has 0 amide bonds. The minimum Gasteiger partial charge on any atom is -0.355 e. The number of nitrogens with one attached hydrogen (secondary N) is 1. The van der Waals surface area contributed by atoms with Gasteiger partial charge in [0, 0.05) is 34.2 Å². The number of nitrogens with zero attached hydrogens (tertiary/aromatic N) is 3. The number of likely N-dealkylation sites (N-methyl/N-ethyl adjacent to an activating group) is 1. The third-order valence-corrected chi connectivity index (χ3v) is 1.48. The van der Waals surface area contributed by atoms with Crippen molar-refractivity contribution in [3.63, 3.8) is 0 Å². The third kappa shape index (κ3) is 8.29. The van der Waals surface area contributed by atoms with Crippen LogP contribution in [0.2, 0.25) is 0 Å².